The van der Waals surface area contributed by atoms with Gasteiger partial charge in [-0.1, -0.05) is 0 Å². The van der Waals surface area contributed by atoms with Gasteiger partial charge >= 0.3 is 5.97 Å². The molecule has 1 aliphatic carbocycles. The van der Waals surface area contributed by atoms with Crippen molar-refractivity contribution in [3.8, 4) is 0 Å². The Balaban J connectivity index is 2.22. The fourth-order valence-electron chi connectivity index (χ4n) is 2.57. The summed E-state index contributed by atoms with van der Waals surface area (Å²) in [7, 11) is 0. The molecule has 3 heteroatoms. The van der Waals surface area contributed by atoms with Crippen LogP contribution in [0.25, 0.3) is 0 Å². The zero-order valence-corrected chi connectivity index (χ0v) is 12.1. The number of esters is 1. The van der Waals surface area contributed by atoms with Crippen LogP contribution in [-0.4, -0.2) is 17.4 Å². The third-order valence-electron chi connectivity index (χ3n) is 3.60. The van der Waals surface area contributed by atoms with Gasteiger partial charge in [-0.05, 0) is 65.7 Å². The number of carbonyl (C=O) groups is 2. The van der Waals surface area contributed by atoms with Crippen molar-refractivity contribution in [3.63, 3.8) is 0 Å². The minimum atomic E-state index is -0.386. The molecular weight excluding hydrogens is 228 g/mol. The van der Waals surface area contributed by atoms with Crippen molar-refractivity contribution >= 4 is 11.8 Å². The monoisotopic (exact) mass is 254 g/mol. The van der Waals surface area contributed by atoms with E-state index in [4.69, 9.17) is 4.74 Å². The standard InChI is InChI=1S/C15H26O3/c1-11(16)13-8-5-12(6-9-13)7-10-14(17)18-15(2,3)4/h12-13H,5-10H2,1-4H3. The van der Waals surface area contributed by atoms with Gasteiger partial charge in [0.25, 0.3) is 0 Å². The maximum absolute atomic E-state index is 11.6. The van der Waals surface area contributed by atoms with E-state index in [9.17, 15) is 9.59 Å². The van der Waals surface area contributed by atoms with Gasteiger partial charge in [0, 0.05) is 12.3 Å². The molecule has 0 bridgehead atoms. The molecule has 0 amide bonds. The SMILES string of the molecule is CC(=O)C1CCC(CCC(=O)OC(C)(C)C)CC1. The number of carbonyl (C=O) groups excluding carboxylic acids is 2. The van der Waals surface area contributed by atoms with Crippen LogP contribution in [0.2, 0.25) is 0 Å². The molecule has 0 saturated heterocycles. The van der Waals surface area contributed by atoms with Crippen molar-refractivity contribution in [1.29, 1.82) is 0 Å². The Bertz CT molecular complexity index is 293. The fourth-order valence-corrected chi connectivity index (χ4v) is 2.57. The average molecular weight is 254 g/mol. The molecule has 1 fully saturated rings. The normalized spacial score (nSPS) is 24.7. The third kappa shape index (κ3) is 5.65. The maximum Gasteiger partial charge on any atom is 0.306 e. The van der Waals surface area contributed by atoms with Crippen LogP contribution in [0.1, 0.15) is 66.2 Å². The minimum absolute atomic E-state index is 0.101. The van der Waals surface area contributed by atoms with Crippen LogP contribution in [0.15, 0.2) is 0 Å². The van der Waals surface area contributed by atoms with E-state index in [-0.39, 0.29) is 17.5 Å². The van der Waals surface area contributed by atoms with Crippen molar-refractivity contribution in [2.75, 3.05) is 0 Å². The average Bonchev–Trinajstić information content (AvgIpc) is 2.24. The first kappa shape index (κ1) is 15.2. The molecule has 0 unspecified atom stereocenters. The summed E-state index contributed by atoms with van der Waals surface area (Å²) in [5.74, 6) is 1.08. The molecule has 1 saturated carbocycles. The lowest BCUT2D eigenvalue weighted by Gasteiger charge is -2.27. The first-order valence-electron chi connectivity index (χ1n) is 7.00. The van der Waals surface area contributed by atoms with Gasteiger partial charge in [-0.15, -0.1) is 0 Å². The molecule has 0 aromatic carbocycles. The summed E-state index contributed by atoms with van der Waals surface area (Å²) in [6.07, 6.45) is 5.55. The van der Waals surface area contributed by atoms with E-state index >= 15 is 0 Å². The zero-order valence-electron chi connectivity index (χ0n) is 12.1. The lowest BCUT2D eigenvalue weighted by Crippen LogP contribution is -2.25. The molecule has 0 atom stereocenters. The van der Waals surface area contributed by atoms with Gasteiger partial charge in [-0.2, -0.15) is 0 Å². The number of rotatable bonds is 4. The molecule has 104 valence electrons. The van der Waals surface area contributed by atoms with Crippen LogP contribution in [-0.2, 0) is 14.3 Å². The van der Waals surface area contributed by atoms with E-state index in [0.717, 1.165) is 32.1 Å². The molecule has 1 rings (SSSR count). The highest BCUT2D eigenvalue weighted by atomic mass is 16.6. The van der Waals surface area contributed by atoms with Gasteiger partial charge in [0.05, 0.1) is 0 Å². The van der Waals surface area contributed by atoms with Crippen molar-refractivity contribution in [3.05, 3.63) is 0 Å². The van der Waals surface area contributed by atoms with Crippen LogP contribution in [0.4, 0.5) is 0 Å². The van der Waals surface area contributed by atoms with E-state index < -0.39 is 0 Å². The predicted octanol–water partition coefficient (Wildman–Crippen LogP) is 3.50. The topological polar surface area (TPSA) is 43.4 Å². The van der Waals surface area contributed by atoms with Gasteiger partial charge in [-0.3, -0.25) is 9.59 Å². The second-order valence-electron chi connectivity index (χ2n) is 6.45. The lowest BCUT2D eigenvalue weighted by molar-refractivity contribution is -0.155. The first-order valence-corrected chi connectivity index (χ1v) is 7.00. The fraction of sp³-hybridized carbons (Fsp3) is 0.867. The Morgan fingerprint density at radius 3 is 2.11 bits per heavy atom. The third-order valence-corrected chi connectivity index (χ3v) is 3.60. The summed E-state index contributed by atoms with van der Waals surface area (Å²) < 4.78 is 5.30. The van der Waals surface area contributed by atoms with Crippen LogP contribution >= 0.6 is 0 Å². The van der Waals surface area contributed by atoms with Gasteiger partial charge in [0.2, 0.25) is 0 Å². The number of Topliss-reactive ketones (excluding diaryl/α,β-unsaturated/α-hetero) is 1. The van der Waals surface area contributed by atoms with Crippen molar-refractivity contribution in [2.45, 2.75) is 71.8 Å². The molecule has 0 radical (unpaired) electrons. The maximum atomic E-state index is 11.6. The summed E-state index contributed by atoms with van der Waals surface area (Å²) in [5, 5.41) is 0. The Morgan fingerprint density at radius 1 is 1.11 bits per heavy atom. The van der Waals surface area contributed by atoms with Crippen LogP contribution < -0.4 is 0 Å². The summed E-state index contributed by atoms with van der Waals surface area (Å²) in [6.45, 7) is 7.36. The summed E-state index contributed by atoms with van der Waals surface area (Å²) in [5.41, 5.74) is -0.386. The minimum Gasteiger partial charge on any atom is -0.460 e. The van der Waals surface area contributed by atoms with Gasteiger partial charge in [-0.25, -0.2) is 0 Å². The van der Waals surface area contributed by atoms with Gasteiger partial charge in [0.15, 0.2) is 0 Å². The summed E-state index contributed by atoms with van der Waals surface area (Å²) in [6, 6.07) is 0. The molecule has 1 aliphatic rings. The van der Waals surface area contributed by atoms with Crippen LogP contribution in [0, 0.1) is 11.8 Å². The molecule has 0 spiro atoms. The molecule has 0 N–H and O–H groups in total. The van der Waals surface area contributed by atoms with E-state index in [2.05, 4.69) is 0 Å². The van der Waals surface area contributed by atoms with Crippen LogP contribution in [0.3, 0.4) is 0 Å². The molecule has 3 nitrogen and oxygen atoms in total. The van der Waals surface area contributed by atoms with Gasteiger partial charge in [0.1, 0.15) is 11.4 Å². The van der Waals surface area contributed by atoms with E-state index in [1.165, 1.54) is 0 Å². The first-order chi connectivity index (χ1) is 8.28. The van der Waals surface area contributed by atoms with Gasteiger partial charge < -0.3 is 4.74 Å². The number of ketones is 1. The predicted molar refractivity (Wildman–Crippen MR) is 71.2 cm³/mol. The van der Waals surface area contributed by atoms with E-state index in [1.807, 2.05) is 20.8 Å². The smallest absolute Gasteiger partial charge is 0.306 e. The number of hydrogen-bond acceptors (Lipinski definition) is 3. The highest BCUT2D eigenvalue weighted by Gasteiger charge is 2.25. The zero-order chi connectivity index (χ0) is 13.8. The molecule has 0 aliphatic heterocycles. The Labute approximate surface area is 110 Å². The molecule has 0 aromatic rings. The Kier molecular flexibility index (Phi) is 5.36. The Morgan fingerprint density at radius 2 is 1.67 bits per heavy atom. The molecule has 0 heterocycles. The summed E-state index contributed by atoms with van der Waals surface area (Å²) >= 11 is 0. The molecule has 18 heavy (non-hydrogen) atoms. The number of ether oxygens (including phenoxy) is 1. The number of hydrogen-bond donors (Lipinski definition) is 0. The van der Waals surface area contributed by atoms with Crippen molar-refractivity contribution < 1.29 is 14.3 Å². The second-order valence-corrected chi connectivity index (χ2v) is 6.45. The molecular formula is C15H26O3. The van der Waals surface area contributed by atoms with E-state index in [0.29, 0.717) is 18.1 Å². The lowest BCUT2D eigenvalue weighted by atomic mass is 9.78. The highest BCUT2D eigenvalue weighted by Crippen LogP contribution is 2.32. The highest BCUT2D eigenvalue weighted by molar-refractivity contribution is 5.78. The van der Waals surface area contributed by atoms with E-state index in [1.54, 1.807) is 6.92 Å². The van der Waals surface area contributed by atoms with Crippen LogP contribution in [0.5, 0.6) is 0 Å². The Hall–Kier alpha value is -0.860. The van der Waals surface area contributed by atoms with Crippen molar-refractivity contribution in [1.82, 2.24) is 0 Å². The quantitative estimate of drug-likeness (QED) is 0.721. The largest absolute Gasteiger partial charge is 0.460 e. The second kappa shape index (κ2) is 6.35. The van der Waals surface area contributed by atoms with Crippen molar-refractivity contribution in [2.24, 2.45) is 11.8 Å². The molecule has 0 aromatic heterocycles. The summed E-state index contributed by atoms with van der Waals surface area (Å²) in [4.78, 5) is 22.9.